The van der Waals surface area contributed by atoms with Crippen molar-refractivity contribution in [3.05, 3.63) is 57.5 Å². The van der Waals surface area contributed by atoms with Gasteiger partial charge in [0, 0.05) is 24.7 Å². The highest BCUT2D eigenvalue weighted by Crippen LogP contribution is 2.07. The molecule has 22 heavy (non-hydrogen) atoms. The average Bonchev–Trinajstić information content (AvgIpc) is 2.51. The van der Waals surface area contributed by atoms with E-state index >= 15 is 0 Å². The summed E-state index contributed by atoms with van der Waals surface area (Å²) in [6.07, 6.45) is 10.0. The van der Waals surface area contributed by atoms with Crippen LogP contribution in [0.5, 0.6) is 0 Å². The summed E-state index contributed by atoms with van der Waals surface area (Å²) in [7, 11) is 4.05. The van der Waals surface area contributed by atoms with E-state index in [9.17, 15) is 4.79 Å². The molecule has 0 radical (unpaired) electrons. The molecule has 1 aromatic heterocycles. The summed E-state index contributed by atoms with van der Waals surface area (Å²) in [6.45, 7) is 9.11. The van der Waals surface area contributed by atoms with E-state index in [0.717, 1.165) is 24.2 Å². The first-order chi connectivity index (χ1) is 10.5. The zero-order chi connectivity index (χ0) is 17.0. The van der Waals surface area contributed by atoms with Crippen molar-refractivity contribution in [2.24, 2.45) is 0 Å². The van der Waals surface area contributed by atoms with Crippen molar-refractivity contribution in [1.82, 2.24) is 9.88 Å². The van der Waals surface area contributed by atoms with Gasteiger partial charge in [0.05, 0.1) is 0 Å². The molecule has 0 fully saturated rings. The predicted molar refractivity (Wildman–Crippen MR) is 97.5 cm³/mol. The fraction of sp³-hybridized carbons (Fsp3) is 0.526. The van der Waals surface area contributed by atoms with E-state index < -0.39 is 0 Å². The van der Waals surface area contributed by atoms with Crippen LogP contribution in [-0.4, -0.2) is 30.5 Å². The molecule has 1 aromatic rings. The molecule has 0 amide bonds. The summed E-state index contributed by atoms with van der Waals surface area (Å²) in [6, 6.07) is 3.43. The number of nitrogens with one attached hydrogen (secondary N) is 1. The fourth-order valence-electron chi connectivity index (χ4n) is 1.93. The van der Waals surface area contributed by atoms with E-state index in [-0.39, 0.29) is 5.56 Å². The number of aromatic amines is 1. The van der Waals surface area contributed by atoms with Gasteiger partial charge in [0.15, 0.2) is 0 Å². The average molecular weight is 304 g/mol. The minimum absolute atomic E-state index is 0.0145. The van der Waals surface area contributed by atoms with Crippen molar-refractivity contribution in [3.63, 3.8) is 0 Å². The molecule has 0 unspecified atom stereocenters. The van der Waals surface area contributed by atoms with Crippen molar-refractivity contribution in [2.75, 3.05) is 20.6 Å². The molecule has 0 spiro atoms. The first-order valence-electron chi connectivity index (χ1n) is 8.16. The van der Waals surface area contributed by atoms with Crippen LogP contribution in [0.1, 0.15) is 44.9 Å². The van der Waals surface area contributed by atoms with E-state index in [1.165, 1.54) is 18.4 Å². The van der Waals surface area contributed by atoms with Gasteiger partial charge in [-0.1, -0.05) is 43.7 Å². The fourth-order valence-corrected chi connectivity index (χ4v) is 1.93. The van der Waals surface area contributed by atoms with Crippen LogP contribution in [0.15, 0.2) is 40.7 Å². The zero-order valence-corrected chi connectivity index (χ0v) is 15.1. The normalized spacial score (nSPS) is 12.8. The Bertz CT molecular complexity index is 524. The highest BCUT2D eigenvalue weighted by atomic mass is 16.1. The van der Waals surface area contributed by atoms with Crippen molar-refractivity contribution < 1.29 is 0 Å². The van der Waals surface area contributed by atoms with Gasteiger partial charge < -0.3 is 9.88 Å². The predicted octanol–water partition coefficient (Wildman–Crippen LogP) is 4.10. The lowest BCUT2D eigenvalue weighted by atomic mass is 10.1. The van der Waals surface area contributed by atoms with Crippen LogP contribution in [0, 0.1) is 6.92 Å². The van der Waals surface area contributed by atoms with Gasteiger partial charge in [-0.2, -0.15) is 0 Å². The third-order valence-electron chi connectivity index (χ3n) is 3.22. The number of H-pyrrole nitrogens is 1. The first-order valence-corrected chi connectivity index (χ1v) is 8.16. The summed E-state index contributed by atoms with van der Waals surface area (Å²) in [4.78, 5) is 16.0. The summed E-state index contributed by atoms with van der Waals surface area (Å²) in [5.74, 6) is 0. The molecule has 0 aromatic carbocycles. The van der Waals surface area contributed by atoms with Crippen LogP contribution in [0.25, 0.3) is 0 Å². The molecule has 0 saturated heterocycles. The maximum absolute atomic E-state index is 11.0. The second-order valence-electron chi connectivity index (χ2n) is 5.47. The van der Waals surface area contributed by atoms with Crippen LogP contribution in [0.2, 0.25) is 0 Å². The number of likely N-dealkylation sites (N-methyl/N-ethyl adjacent to an activating group) is 1. The number of rotatable bonds is 3. The summed E-state index contributed by atoms with van der Waals surface area (Å²) in [5.41, 5.74) is 3.59. The van der Waals surface area contributed by atoms with Gasteiger partial charge in [-0.3, -0.25) is 4.79 Å². The molecule has 2 rings (SSSR count). The number of aromatic nitrogens is 1. The van der Waals surface area contributed by atoms with Crippen LogP contribution in [0.3, 0.4) is 0 Å². The van der Waals surface area contributed by atoms with Crippen molar-refractivity contribution >= 4 is 0 Å². The lowest BCUT2D eigenvalue weighted by Crippen LogP contribution is -2.18. The van der Waals surface area contributed by atoms with Gasteiger partial charge >= 0.3 is 0 Å². The van der Waals surface area contributed by atoms with Gasteiger partial charge in [-0.25, -0.2) is 0 Å². The lowest BCUT2D eigenvalue weighted by molar-refractivity contribution is 0.411. The maximum Gasteiger partial charge on any atom is 0.248 e. The third kappa shape index (κ3) is 9.35. The monoisotopic (exact) mass is 304 g/mol. The Balaban J connectivity index is 0.000000412. The molecule has 0 aliphatic heterocycles. The van der Waals surface area contributed by atoms with E-state index in [2.05, 4.69) is 35.0 Å². The number of nitrogens with zero attached hydrogens (tertiary/aromatic N) is 1. The second-order valence-corrected chi connectivity index (χ2v) is 5.47. The number of pyridine rings is 1. The molecule has 0 saturated carbocycles. The van der Waals surface area contributed by atoms with Crippen molar-refractivity contribution in [3.8, 4) is 0 Å². The summed E-state index contributed by atoms with van der Waals surface area (Å²) in [5, 5.41) is 0. The molecule has 1 aliphatic rings. The molecular formula is C19H32N2O. The molecule has 0 atom stereocenters. The highest BCUT2D eigenvalue weighted by molar-refractivity contribution is 5.19. The number of hydrogen-bond donors (Lipinski definition) is 1. The molecule has 3 nitrogen and oxygen atoms in total. The van der Waals surface area contributed by atoms with Crippen LogP contribution in [0.4, 0.5) is 0 Å². The Hall–Kier alpha value is -1.61. The van der Waals surface area contributed by atoms with E-state index in [1.807, 2.05) is 40.9 Å². The van der Waals surface area contributed by atoms with E-state index in [0.29, 0.717) is 0 Å². The summed E-state index contributed by atoms with van der Waals surface area (Å²) < 4.78 is 0. The standard InChI is InChI=1S/C10H16N2O.C7H10.C2H6/c1-8-4-5-10(13)11-9(8)6-7-12(2)3;1-7-5-3-2-4-6-7;1-2/h4-5H,6-7H2,1-3H3,(H,11,13);3,5-6H,2,4H2,1H3;1-2H3. The van der Waals surface area contributed by atoms with Gasteiger partial charge in [-0.05, 0) is 46.3 Å². The van der Waals surface area contributed by atoms with Gasteiger partial charge in [0.2, 0.25) is 5.56 Å². The summed E-state index contributed by atoms with van der Waals surface area (Å²) >= 11 is 0. The topological polar surface area (TPSA) is 36.1 Å². The van der Waals surface area contributed by atoms with Crippen molar-refractivity contribution in [2.45, 2.75) is 47.0 Å². The van der Waals surface area contributed by atoms with Crippen LogP contribution in [-0.2, 0) is 6.42 Å². The Labute approximate surface area is 135 Å². The zero-order valence-electron chi connectivity index (χ0n) is 15.1. The van der Waals surface area contributed by atoms with Gasteiger partial charge in [-0.15, -0.1) is 0 Å². The largest absolute Gasteiger partial charge is 0.326 e. The molecule has 0 bridgehead atoms. The molecule has 3 heteroatoms. The Kier molecular flexibility index (Phi) is 11.1. The maximum atomic E-state index is 11.0. The molecule has 1 N–H and O–H groups in total. The Morgan fingerprint density at radius 2 is 1.82 bits per heavy atom. The Morgan fingerprint density at radius 3 is 2.27 bits per heavy atom. The molecule has 1 aliphatic carbocycles. The van der Waals surface area contributed by atoms with E-state index in [1.54, 1.807) is 6.07 Å². The second kappa shape index (κ2) is 12.0. The highest BCUT2D eigenvalue weighted by Gasteiger charge is 1.99. The lowest BCUT2D eigenvalue weighted by Gasteiger charge is -2.10. The van der Waals surface area contributed by atoms with Crippen molar-refractivity contribution in [1.29, 1.82) is 0 Å². The third-order valence-corrected chi connectivity index (χ3v) is 3.22. The minimum atomic E-state index is -0.0145. The molecule has 1 heterocycles. The van der Waals surface area contributed by atoms with Gasteiger partial charge in [0.1, 0.15) is 0 Å². The van der Waals surface area contributed by atoms with Crippen LogP contribution < -0.4 is 5.56 Å². The van der Waals surface area contributed by atoms with Gasteiger partial charge in [0.25, 0.3) is 0 Å². The van der Waals surface area contributed by atoms with Crippen LogP contribution >= 0.6 is 0 Å². The SMILES string of the molecule is CC.CC1=CCCC=C1.Cc1ccc(=O)[nH]c1CCN(C)C. The molecular weight excluding hydrogens is 272 g/mol. The minimum Gasteiger partial charge on any atom is -0.326 e. The smallest absolute Gasteiger partial charge is 0.248 e. The first kappa shape index (κ1) is 20.4. The number of hydrogen-bond acceptors (Lipinski definition) is 2. The van der Waals surface area contributed by atoms with E-state index in [4.69, 9.17) is 0 Å². The number of allylic oxidation sites excluding steroid dienone is 4. The quantitative estimate of drug-likeness (QED) is 0.912. The Morgan fingerprint density at radius 1 is 1.14 bits per heavy atom. The molecule has 124 valence electrons. The number of aryl methyl sites for hydroxylation is 1.